The topological polar surface area (TPSA) is 76.1 Å². The summed E-state index contributed by atoms with van der Waals surface area (Å²) in [4.78, 5) is 24.4. The summed E-state index contributed by atoms with van der Waals surface area (Å²) in [5, 5.41) is 8.81. The highest BCUT2D eigenvalue weighted by molar-refractivity contribution is 5.96. The average Bonchev–Trinajstić information content (AvgIpc) is 2.37. The summed E-state index contributed by atoms with van der Waals surface area (Å²) in [6, 6.07) is 4.95. The molecule has 6 nitrogen and oxygen atoms in total. The van der Waals surface area contributed by atoms with Crippen molar-refractivity contribution in [2.75, 3.05) is 26.8 Å². The van der Waals surface area contributed by atoms with E-state index in [-0.39, 0.29) is 19.0 Å². The van der Waals surface area contributed by atoms with E-state index in [9.17, 15) is 9.59 Å². The van der Waals surface area contributed by atoms with Gasteiger partial charge in [-0.3, -0.25) is 9.59 Å². The number of rotatable bonds is 5. The Morgan fingerprint density at radius 1 is 1.35 bits per heavy atom. The minimum absolute atomic E-state index is 0.191. The van der Waals surface area contributed by atoms with Gasteiger partial charge in [-0.2, -0.15) is 0 Å². The van der Waals surface area contributed by atoms with Crippen LogP contribution in [0.2, 0.25) is 0 Å². The third-order valence-electron chi connectivity index (χ3n) is 3.23. The van der Waals surface area contributed by atoms with Gasteiger partial charge in [-0.15, -0.1) is 0 Å². The van der Waals surface area contributed by atoms with Gasteiger partial charge in [0.25, 0.3) is 5.91 Å². The van der Waals surface area contributed by atoms with Crippen LogP contribution < -0.4 is 9.47 Å². The maximum atomic E-state index is 12.2. The highest BCUT2D eigenvalue weighted by atomic mass is 16.5. The van der Waals surface area contributed by atoms with Crippen LogP contribution in [0.25, 0.3) is 0 Å². The van der Waals surface area contributed by atoms with Gasteiger partial charge >= 0.3 is 5.97 Å². The molecular formula is C14H17NO5. The maximum absolute atomic E-state index is 12.2. The van der Waals surface area contributed by atoms with Crippen LogP contribution in [-0.2, 0) is 4.79 Å². The van der Waals surface area contributed by atoms with E-state index in [2.05, 4.69) is 0 Å². The Balaban J connectivity index is 2.09. The van der Waals surface area contributed by atoms with Crippen LogP contribution in [0.1, 0.15) is 17.3 Å². The number of carboxylic acid groups (broad SMARTS) is 1. The first kappa shape index (κ1) is 14.2. The molecule has 0 saturated carbocycles. The van der Waals surface area contributed by atoms with Crippen LogP contribution in [0, 0.1) is 5.92 Å². The molecule has 20 heavy (non-hydrogen) atoms. The molecule has 1 fully saturated rings. The number of carboxylic acids is 1. The van der Waals surface area contributed by atoms with Gasteiger partial charge in [-0.25, -0.2) is 0 Å². The lowest BCUT2D eigenvalue weighted by atomic mass is 9.99. The van der Waals surface area contributed by atoms with Gasteiger partial charge in [0.2, 0.25) is 0 Å². The van der Waals surface area contributed by atoms with Gasteiger partial charge < -0.3 is 19.5 Å². The van der Waals surface area contributed by atoms with Crippen molar-refractivity contribution in [1.82, 2.24) is 4.90 Å². The number of likely N-dealkylation sites (tertiary alicyclic amines) is 1. The Morgan fingerprint density at radius 3 is 2.60 bits per heavy atom. The number of hydrogen-bond acceptors (Lipinski definition) is 4. The van der Waals surface area contributed by atoms with E-state index in [0.29, 0.717) is 23.7 Å². The summed E-state index contributed by atoms with van der Waals surface area (Å²) in [7, 11) is 1.51. The number of aliphatic carboxylic acids is 1. The molecule has 2 rings (SSSR count). The van der Waals surface area contributed by atoms with E-state index in [1.165, 1.54) is 12.0 Å². The number of carbonyl (C=O) groups is 2. The Bertz CT molecular complexity index is 522. The highest BCUT2D eigenvalue weighted by Crippen LogP contribution is 2.29. The van der Waals surface area contributed by atoms with Crippen LogP contribution >= 0.6 is 0 Å². The SMILES string of the molecule is CCOc1ccc(C(=O)N2CC(C(=O)O)C2)cc1OC. The van der Waals surface area contributed by atoms with Crippen molar-refractivity contribution in [3.63, 3.8) is 0 Å². The zero-order valence-electron chi connectivity index (χ0n) is 11.5. The van der Waals surface area contributed by atoms with Gasteiger partial charge in [0.05, 0.1) is 19.6 Å². The Morgan fingerprint density at radius 2 is 2.05 bits per heavy atom. The van der Waals surface area contributed by atoms with E-state index < -0.39 is 11.9 Å². The molecule has 6 heteroatoms. The van der Waals surface area contributed by atoms with Crippen LogP contribution in [0.4, 0.5) is 0 Å². The van der Waals surface area contributed by atoms with E-state index in [1.807, 2.05) is 6.92 Å². The number of benzene rings is 1. The first-order valence-electron chi connectivity index (χ1n) is 6.39. The molecule has 108 valence electrons. The number of methoxy groups -OCH3 is 1. The second-order valence-corrected chi connectivity index (χ2v) is 4.54. The molecule has 1 heterocycles. The van der Waals surface area contributed by atoms with Gasteiger partial charge in [0.15, 0.2) is 11.5 Å². The van der Waals surface area contributed by atoms with E-state index in [1.54, 1.807) is 18.2 Å². The summed E-state index contributed by atoms with van der Waals surface area (Å²) in [5.74, 6) is -0.433. The number of nitrogens with zero attached hydrogens (tertiary/aromatic N) is 1. The van der Waals surface area contributed by atoms with Gasteiger partial charge in [0.1, 0.15) is 0 Å². The second kappa shape index (κ2) is 5.81. The molecule has 0 unspecified atom stereocenters. The molecule has 1 amide bonds. The molecule has 0 bridgehead atoms. The largest absolute Gasteiger partial charge is 0.493 e. The smallest absolute Gasteiger partial charge is 0.310 e. The van der Waals surface area contributed by atoms with Gasteiger partial charge in [0, 0.05) is 18.7 Å². The van der Waals surface area contributed by atoms with Crippen molar-refractivity contribution in [2.45, 2.75) is 6.92 Å². The van der Waals surface area contributed by atoms with Crippen LogP contribution in [0.5, 0.6) is 11.5 Å². The quantitative estimate of drug-likeness (QED) is 0.878. The van der Waals surface area contributed by atoms with Crippen molar-refractivity contribution in [2.24, 2.45) is 5.92 Å². The predicted octanol–water partition coefficient (Wildman–Crippen LogP) is 1.25. The molecule has 1 aliphatic heterocycles. The predicted molar refractivity (Wildman–Crippen MR) is 71.2 cm³/mol. The minimum atomic E-state index is -0.863. The number of ether oxygens (including phenoxy) is 2. The minimum Gasteiger partial charge on any atom is -0.493 e. The fraction of sp³-hybridized carbons (Fsp3) is 0.429. The molecule has 0 radical (unpaired) electrons. The maximum Gasteiger partial charge on any atom is 0.310 e. The average molecular weight is 279 g/mol. The molecule has 1 aliphatic rings. The standard InChI is InChI=1S/C14H17NO5/c1-3-20-11-5-4-9(6-12(11)19-2)13(16)15-7-10(8-15)14(17)18/h4-6,10H,3,7-8H2,1-2H3,(H,17,18). The molecule has 0 aliphatic carbocycles. The van der Waals surface area contributed by atoms with E-state index in [4.69, 9.17) is 14.6 Å². The zero-order chi connectivity index (χ0) is 14.7. The van der Waals surface area contributed by atoms with Crippen molar-refractivity contribution in [3.05, 3.63) is 23.8 Å². The Labute approximate surface area is 116 Å². The van der Waals surface area contributed by atoms with Gasteiger partial charge in [-0.1, -0.05) is 0 Å². The lowest BCUT2D eigenvalue weighted by molar-refractivity contribution is -0.146. The van der Waals surface area contributed by atoms with E-state index in [0.717, 1.165) is 0 Å². The number of hydrogen-bond donors (Lipinski definition) is 1. The fourth-order valence-electron chi connectivity index (χ4n) is 2.06. The van der Waals surface area contributed by atoms with Crippen LogP contribution in [0.15, 0.2) is 18.2 Å². The summed E-state index contributed by atoms with van der Waals surface area (Å²) >= 11 is 0. The summed E-state index contributed by atoms with van der Waals surface area (Å²) in [5.41, 5.74) is 0.467. The van der Waals surface area contributed by atoms with Crippen molar-refractivity contribution >= 4 is 11.9 Å². The second-order valence-electron chi connectivity index (χ2n) is 4.54. The third-order valence-corrected chi connectivity index (χ3v) is 3.23. The first-order chi connectivity index (χ1) is 9.56. The van der Waals surface area contributed by atoms with Crippen molar-refractivity contribution in [3.8, 4) is 11.5 Å². The Hall–Kier alpha value is -2.24. The fourth-order valence-corrected chi connectivity index (χ4v) is 2.06. The van der Waals surface area contributed by atoms with Crippen LogP contribution in [-0.4, -0.2) is 48.7 Å². The van der Waals surface area contributed by atoms with E-state index >= 15 is 0 Å². The lowest BCUT2D eigenvalue weighted by Crippen LogP contribution is -2.53. The molecule has 1 aromatic rings. The lowest BCUT2D eigenvalue weighted by Gasteiger charge is -2.36. The van der Waals surface area contributed by atoms with Gasteiger partial charge in [-0.05, 0) is 25.1 Å². The van der Waals surface area contributed by atoms with Crippen LogP contribution in [0.3, 0.4) is 0 Å². The van der Waals surface area contributed by atoms with Crippen molar-refractivity contribution in [1.29, 1.82) is 0 Å². The number of amides is 1. The molecule has 1 aromatic carbocycles. The highest BCUT2D eigenvalue weighted by Gasteiger charge is 2.36. The summed E-state index contributed by atoms with van der Waals surface area (Å²) in [6.07, 6.45) is 0. The molecule has 0 spiro atoms. The molecule has 0 aromatic heterocycles. The Kier molecular flexibility index (Phi) is 4.12. The molecule has 0 atom stereocenters. The number of carbonyl (C=O) groups excluding carboxylic acids is 1. The normalized spacial score (nSPS) is 14.6. The van der Waals surface area contributed by atoms with Crippen molar-refractivity contribution < 1.29 is 24.2 Å². The monoisotopic (exact) mass is 279 g/mol. The molecular weight excluding hydrogens is 262 g/mol. The zero-order valence-corrected chi connectivity index (χ0v) is 11.5. The molecule has 1 saturated heterocycles. The summed E-state index contributed by atoms with van der Waals surface area (Å²) < 4.78 is 10.6. The first-order valence-corrected chi connectivity index (χ1v) is 6.39. The summed E-state index contributed by atoms with van der Waals surface area (Å²) in [6.45, 7) is 2.88. The molecule has 1 N–H and O–H groups in total. The third kappa shape index (κ3) is 2.68.